The molecule has 0 bridgehead atoms. The third-order valence-electron chi connectivity index (χ3n) is 5.61. The normalized spacial score (nSPS) is 16.9. The number of carbonyl (C=O) groups excluding carboxylic acids is 1. The molecule has 2 aromatic carbocycles. The number of amides is 1. The van der Waals surface area contributed by atoms with Crippen LogP contribution in [0.3, 0.4) is 0 Å². The Kier molecular flexibility index (Phi) is 5.33. The van der Waals surface area contributed by atoms with Gasteiger partial charge in [-0.25, -0.2) is 4.39 Å². The highest BCUT2D eigenvalue weighted by Gasteiger charge is 2.26. The van der Waals surface area contributed by atoms with Gasteiger partial charge in [0.05, 0.1) is 4.92 Å². The Hall–Kier alpha value is -3.16. The van der Waals surface area contributed by atoms with E-state index in [1.165, 1.54) is 18.2 Å². The molecule has 0 N–H and O–H groups in total. The average Bonchev–Trinajstić information content (AvgIpc) is 3.28. The maximum Gasteiger partial charge on any atom is 0.292 e. The highest BCUT2D eigenvalue weighted by atomic mass is 19.1. The molecule has 8 heteroatoms. The van der Waals surface area contributed by atoms with E-state index in [0.29, 0.717) is 37.4 Å². The van der Waals surface area contributed by atoms with E-state index in [4.69, 9.17) is 0 Å². The van der Waals surface area contributed by atoms with Crippen LogP contribution in [0.25, 0.3) is 0 Å². The van der Waals surface area contributed by atoms with Crippen molar-refractivity contribution in [2.45, 2.75) is 12.8 Å². The fourth-order valence-electron chi connectivity index (χ4n) is 4.05. The molecule has 2 saturated heterocycles. The van der Waals surface area contributed by atoms with E-state index in [-0.39, 0.29) is 16.5 Å². The number of halogens is 1. The van der Waals surface area contributed by atoms with Crippen molar-refractivity contribution in [1.29, 1.82) is 0 Å². The summed E-state index contributed by atoms with van der Waals surface area (Å²) in [6.45, 7) is 3.95. The minimum Gasteiger partial charge on any atom is -0.368 e. The summed E-state index contributed by atoms with van der Waals surface area (Å²) in [6, 6.07) is 11.0. The van der Waals surface area contributed by atoms with Gasteiger partial charge in [0, 0.05) is 56.6 Å². The maximum absolute atomic E-state index is 13.4. The molecule has 2 heterocycles. The number of nitro benzene ring substituents is 1. The number of piperazine rings is 1. The van der Waals surface area contributed by atoms with Gasteiger partial charge in [0.1, 0.15) is 11.5 Å². The van der Waals surface area contributed by atoms with Crippen LogP contribution in [0.2, 0.25) is 0 Å². The molecule has 1 amide bonds. The third-order valence-corrected chi connectivity index (χ3v) is 5.61. The zero-order valence-electron chi connectivity index (χ0n) is 16.1. The number of nitro groups is 1. The molecule has 29 heavy (non-hydrogen) atoms. The Labute approximate surface area is 168 Å². The highest BCUT2D eigenvalue weighted by Crippen LogP contribution is 2.34. The molecule has 2 fully saturated rings. The molecule has 2 aliphatic rings. The largest absolute Gasteiger partial charge is 0.368 e. The molecule has 2 aliphatic heterocycles. The van der Waals surface area contributed by atoms with Crippen LogP contribution in [0.15, 0.2) is 42.5 Å². The zero-order chi connectivity index (χ0) is 20.4. The Balaban J connectivity index is 1.47. The SMILES string of the molecule is O=C(c1cccc(F)c1)N1CCN(c2ccc([N+](=O)[O-])c(N3CCCC3)c2)CC1. The second-order valence-corrected chi connectivity index (χ2v) is 7.41. The van der Waals surface area contributed by atoms with Gasteiger partial charge in [0.25, 0.3) is 11.6 Å². The van der Waals surface area contributed by atoms with Crippen LogP contribution in [0.5, 0.6) is 0 Å². The molecule has 4 rings (SSSR count). The monoisotopic (exact) mass is 398 g/mol. The van der Waals surface area contributed by atoms with Crippen molar-refractivity contribution in [1.82, 2.24) is 4.90 Å². The molecule has 0 aromatic heterocycles. The molecule has 0 spiro atoms. The summed E-state index contributed by atoms with van der Waals surface area (Å²) in [5.74, 6) is -0.597. The summed E-state index contributed by atoms with van der Waals surface area (Å²) in [4.78, 5) is 29.6. The van der Waals surface area contributed by atoms with Crippen LogP contribution in [0.1, 0.15) is 23.2 Å². The number of hydrogen-bond acceptors (Lipinski definition) is 5. The van der Waals surface area contributed by atoms with Crippen LogP contribution in [-0.2, 0) is 0 Å². The molecule has 0 saturated carbocycles. The summed E-state index contributed by atoms with van der Waals surface area (Å²) in [5, 5.41) is 11.4. The number of hydrogen-bond donors (Lipinski definition) is 0. The molecule has 152 valence electrons. The van der Waals surface area contributed by atoms with E-state index in [9.17, 15) is 19.3 Å². The second kappa shape index (κ2) is 8.06. The Morgan fingerprint density at radius 2 is 1.66 bits per heavy atom. The van der Waals surface area contributed by atoms with Gasteiger partial charge >= 0.3 is 0 Å². The van der Waals surface area contributed by atoms with Gasteiger partial charge in [-0.1, -0.05) is 6.07 Å². The molecule has 0 atom stereocenters. The molecular formula is C21H23FN4O3. The lowest BCUT2D eigenvalue weighted by Crippen LogP contribution is -2.48. The van der Waals surface area contributed by atoms with Crippen LogP contribution in [0.4, 0.5) is 21.5 Å². The Morgan fingerprint density at radius 1 is 0.931 bits per heavy atom. The Bertz CT molecular complexity index is 922. The predicted molar refractivity (Wildman–Crippen MR) is 109 cm³/mol. The van der Waals surface area contributed by atoms with Crippen molar-refractivity contribution in [2.75, 3.05) is 49.1 Å². The summed E-state index contributed by atoms with van der Waals surface area (Å²) in [5.41, 5.74) is 2.08. The van der Waals surface area contributed by atoms with Crippen LogP contribution >= 0.6 is 0 Å². The van der Waals surface area contributed by atoms with Gasteiger partial charge in [-0.3, -0.25) is 14.9 Å². The van der Waals surface area contributed by atoms with E-state index in [0.717, 1.165) is 31.6 Å². The van der Waals surface area contributed by atoms with Gasteiger partial charge in [-0.2, -0.15) is 0 Å². The van der Waals surface area contributed by atoms with E-state index in [2.05, 4.69) is 9.80 Å². The highest BCUT2D eigenvalue weighted by molar-refractivity contribution is 5.94. The van der Waals surface area contributed by atoms with Crippen LogP contribution < -0.4 is 9.80 Å². The van der Waals surface area contributed by atoms with Crippen molar-refractivity contribution in [3.8, 4) is 0 Å². The molecule has 0 radical (unpaired) electrons. The minimum absolute atomic E-state index is 0.135. The summed E-state index contributed by atoms with van der Waals surface area (Å²) in [6.07, 6.45) is 2.09. The Morgan fingerprint density at radius 3 is 2.31 bits per heavy atom. The lowest BCUT2D eigenvalue weighted by atomic mass is 10.1. The second-order valence-electron chi connectivity index (χ2n) is 7.41. The number of rotatable bonds is 4. The number of carbonyl (C=O) groups is 1. The van der Waals surface area contributed by atoms with E-state index >= 15 is 0 Å². The average molecular weight is 398 g/mol. The van der Waals surface area contributed by atoms with E-state index in [1.54, 1.807) is 23.1 Å². The first-order valence-electron chi connectivity index (χ1n) is 9.86. The summed E-state index contributed by atoms with van der Waals surface area (Å²) >= 11 is 0. The molecule has 0 unspecified atom stereocenters. The maximum atomic E-state index is 13.4. The first-order chi connectivity index (χ1) is 14.0. The number of anilines is 2. The van der Waals surface area contributed by atoms with Crippen molar-refractivity contribution in [3.05, 3.63) is 64.0 Å². The fourth-order valence-corrected chi connectivity index (χ4v) is 4.05. The molecular weight excluding hydrogens is 375 g/mol. The minimum atomic E-state index is -0.421. The van der Waals surface area contributed by atoms with Gasteiger partial charge in [0.2, 0.25) is 0 Å². The van der Waals surface area contributed by atoms with Crippen molar-refractivity contribution in [2.24, 2.45) is 0 Å². The van der Waals surface area contributed by atoms with Crippen molar-refractivity contribution < 1.29 is 14.1 Å². The number of nitrogens with zero attached hydrogens (tertiary/aromatic N) is 4. The lowest BCUT2D eigenvalue weighted by molar-refractivity contribution is -0.384. The topological polar surface area (TPSA) is 69.9 Å². The first-order valence-corrected chi connectivity index (χ1v) is 9.86. The third kappa shape index (κ3) is 4.01. The quantitative estimate of drug-likeness (QED) is 0.584. The summed E-state index contributed by atoms with van der Waals surface area (Å²) in [7, 11) is 0. The molecule has 7 nitrogen and oxygen atoms in total. The standard InChI is InChI=1S/C21H23FN4O3/c22-17-5-3-4-16(14-17)21(27)25-12-10-23(11-13-25)18-6-7-19(26(28)29)20(15-18)24-8-1-2-9-24/h3-7,14-15H,1-2,8-13H2. The van der Waals surface area contributed by atoms with E-state index in [1.807, 2.05) is 6.07 Å². The van der Waals surface area contributed by atoms with Crippen molar-refractivity contribution >= 4 is 23.0 Å². The van der Waals surface area contributed by atoms with Crippen LogP contribution in [-0.4, -0.2) is 55.0 Å². The van der Waals surface area contributed by atoms with Gasteiger partial charge in [-0.05, 0) is 43.2 Å². The van der Waals surface area contributed by atoms with Crippen LogP contribution in [0, 0.1) is 15.9 Å². The molecule has 0 aliphatic carbocycles. The smallest absolute Gasteiger partial charge is 0.292 e. The summed E-state index contributed by atoms with van der Waals surface area (Å²) < 4.78 is 13.4. The molecule has 2 aromatic rings. The van der Waals surface area contributed by atoms with Crippen molar-refractivity contribution in [3.63, 3.8) is 0 Å². The van der Waals surface area contributed by atoms with Gasteiger partial charge in [-0.15, -0.1) is 0 Å². The lowest BCUT2D eigenvalue weighted by Gasteiger charge is -2.36. The first kappa shape index (κ1) is 19.2. The predicted octanol–water partition coefficient (Wildman–Crippen LogP) is 3.30. The number of benzene rings is 2. The fraction of sp³-hybridized carbons (Fsp3) is 0.381. The van der Waals surface area contributed by atoms with Gasteiger partial charge in [0.15, 0.2) is 0 Å². The van der Waals surface area contributed by atoms with E-state index < -0.39 is 5.82 Å². The zero-order valence-corrected chi connectivity index (χ0v) is 16.1. The van der Waals surface area contributed by atoms with Gasteiger partial charge < -0.3 is 14.7 Å².